The van der Waals surface area contributed by atoms with Crippen LogP contribution in [0.15, 0.2) is 42.5 Å². The van der Waals surface area contributed by atoms with Gasteiger partial charge in [-0.3, -0.25) is 4.79 Å². The number of benzene rings is 2. The number of likely N-dealkylation sites (N-methyl/N-ethyl adjacent to an activating group) is 1. The van der Waals surface area contributed by atoms with Gasteiger partial charge in [0.1, 0.15) is 0 Å². The lowest BCUT2D eigenvalue weighted by Crippen LogP contribution is -2.27. The van der Waals surface area contributed by atoms with Gasteiger partial charge in [0.15, 0.2) is 11.5 Å². The molecule has 4 nitrogen and oxygen atoms in total. The summed E-state index contributed by atoms with van der Waals surface area (Å²) in [5.41, 5.74) is 3.25. The lowest BCUT2D eigenvalue weighted by molar-refractivity contribution is -0.129. The maximum atomic E-state index is 12.3. The highest BCUT2D eigenvalue weighted by Gasteiger charge is 2.15. The molecular weight excluding hydrogens is 278 g/mol. The maximum absolute atomic E-state index is 12.3. The Kier molecular flexibility index (Phi) is 4.00. The molecule has 2 aromatic rings. The summed E-state index contributed by atoms with van der Waals surface area (Å²) in [6.45, 7) is 2.85. The normalized spacial score (nSPS) is 12.3. The number of ether oxygens (including phenoxy) is 2. The lowest BCUT2D eigenvalue weighted by atomic mass is 10.1. The second-order valence-electron chi connectivity index (χ2n) is 5.60. The summed E-state index contributed by atoms with van der Waals surface area (Å²) in [5.74, 6) is 1.61. The van der Waals surface area contributed by atoms with E-state index in [4.69, 9.17) is 9.47 Å². The van der Waals surface area contributed by atoms with Gasteiger partial charge in [0, 0.05) is 13.6 Å². The zero-order valence-corrected chi connectivity index (χ0v) is 12.8. The number of carbonyl (C=O) groups excluding carboxylic acids is 1. The van der Waals surface area contributed by atoms with E-state index in [0.29, 0.717) is 13.0 Å². The highest BCUT2D eigenvalue weighted by molar-refractivity contribution is 5.78. The molecule has 0 saturated carbocycles. The third-order valence-corrected chi connectivity index (χ3v) is 3.72. The van der Waals surface area contributed by atoms with E-state index in [-0.39, 0.29) is 12.7 Å². The van der Waals surface area contributed by atoms with Crippen LogP contribution in [0.2, 0.25) is 0 Å². The van der Waals surface area contributed by atoms with E-state index in [9.17, 15) is 4.79 Å². The monoisotopic (exact) mass is 297 g/mol. The Morgan fingerprint density at radius 1 is 1.09 bits per heavy atom. The molecule has 0 N–H and O–H groups in total. The van der Waals surface area contributed by atoms with Crippen molar-refractivity contribution in [1.29, 1.82) is 0 Å². The fourth-order valence-electron chi connectivity index (χ4n) is 2.53. The number of amides is 1. The van der Waals surface area contributed by atoms with E-state index >= 15 is 0 Å². The van der Waals surface area contributed by atoms with Crippen molar-refractivity contribution in [2.75, 3.05) is 13.8 Å². The van der Waals surface area contributed by atoms with Crippen LogP contribution in [0.3, 0.4) is 0 Å². The van der Waals surface area contributed by atoms with Crippen molar-refractivity contribution < 1.29 is 14.3 Å². The Hall–Kier alpha value is -2.49. The second-order valence-corrected chi connectivity index (χ2v) is 5.60. The van der Waals surface area contributed by atoms with Gasteiger partial charge in [-0.1, -0.05) is 35.9 Å². The van der Waals surface area contributed by atoms with Crippen molar-refractivity contribution >= 4 is 5.91 Å². The molecule has 0 bridgehead atoms. The molecule has 2 aromatic carbocycles. The smallest absolute Gasteiger partial charge is 0.231 e. The third kappa shape index (κ3) is 3.22. The number of aryl methyl sites for hydroxylation is 1. The molecule has 1 aliphatic heterocycles. The molecule has 0 radical (unpaired) electrons. The van der Waals surface area contributed by atoms with E-state index in [0.717, 1.165) is 22.6 Å². The van der Waals surface area contributed by atoms with Crippen molar-refractivity contribution in [3.8, 4) is 11.5 Å². The molecule has 0 saturated heterocycles. The lowest BCUT2D eigenvalue weighted by Gasteiger charge is -2.17. The summed E-state index contributed by atoms with van der Waals surface area (Å²) in [7, 11) is 1.82. The summed E-state index contributed by atoms with van der Waals surface area (Å²) in [5, 5.41) is 0. The van der Waals surface area contributed by atoms with Crippen LogP contribution in [-0.2, 0) is 17.8 Å². The van der Waals surface area contributed by atoms with E-state index in [1.807, 2.05) is 56.4 Å². The van der Waals surface area contributed by atoms with Crippen LogP contribution in [0.5, 0.6) is 11.5 Å². The molecule has 114 valence electrons. The minimum absolute atomic E-state index is 0.100. The first-order valence-electron chi connectivity index (χ1n) is 7.30. The SMILES string of the molecule is Cc1cccc(CC(=O)N(C)Cc2ccc3c(c2)OCO3)c1. The maximum Gasteiger partial charge on any atom is 0.231 e. The van der Waals surface area contributed by atoms with Crippen LogP contribution in [-0.4, -0.2) is 24.6 Å². The number of rotatable bonds is 4. The Morgan fingerprint density at radius 2 is 1.91 bits per heavy atom. The highest BCUT2D eigenvalue weighted by Crippen LogP contribution is 2.32. The van der Waals surface area contributed by atoms with E-state index < -0.39 is 0 Å². The summed E-state index contributed by atoms with van der Waals surface area (Å²) >= 11 is 0. The third-order valence-electron chi connectivity index (χ3n) is 3.72. The molecular formula is C18H19NO3. The fourth-order valence-corrected chi connectivity index (χ4v) is 2.53. The van der Waals surface area contributed by atoms with Crippen LogP contribution in [0, 0.1) is 6.92 Å². The van der Waals surface area contributed by atoms with Gasteiger partial charge < -0.3 is 14.4 Å². The molecule has 0 atom stereocenters. The molecule has 4 heteroatoms. The first kappa shape index (κ1) is 14.4. The second kappa shape index (κ2) is 6.10. The van der Waals surface area contributed by atoms with Gasteiger partial charge in [-0.05, 0) is 30.2 Å². The number of fused-ring (bicyclic) bond motifs is 1. The Labute approximate surface area is 130 Å². The quantitative estimate of drug-likeness (QED) is 0.871. The molecule has 0 aliphatic carbocycles. The van der Waals surface area contributed by atoms with Gasteiger partial charge in [0.25, 0.3) is 0 Å². The van der Waals surface area contributed by atoms with Gasteiger partial charge in [-0.2, -0.15) is 0 Å². The predicted molar refractivity (Wildman–Crippen MR) is 83.9 cm³/mol. The number of carbonyl (C=O) groups is 1. The van der Waals surface area contributed by atoms with Crippen LogP contribution in [0.4, 0.5) is 0 Å². The molecule has 0 fully saturated rings. The molecule has 0 aromatic heterocycles. The average Bonchev–Trinajstić information content (AvgIpc) is 2.94. The van der Waals surface area contributed by atoms with Crippen LogP contribution >= 0.6 is 0 Å². The molecule has 1 aliphatic rings. The first-order valence-corrected chi connectivity index (χ1v) is 7.30. The molecule has 22 heavy (non-hydrogen) atoms. The minimum atomic E-state index is 0.100. The Bertz CT molecular complexity index is 696. The van der Waals surface area contributed by atoms with Crippen molar-refractivity contribution in [3.63, 3.8) is 0 Å². The Morgan fingerprint density at radius 3 is 2.73 bits per heavy atom. The highest BCUT2D eigenvalue weighted by atomic mass is 16.7. The van der Waals surface area contributed by atoms with Crippen molar-refractivity contribution in [2.45, 2.75) is 19.9 Å². The standard InChI is InChI=1S/C18H19NO3/c1-13-4-3-5-14(8-13)10-18(20)19(2)11-15-6-7-16-17(9-15)22-12-21-16/h3-9H,10-12H2,1-2H3. The summed E-state index contributed by atoms with van der Waals surface area (Å²) < 4.78 is 10.7. The van der Waals surface area contributed by atoms with Crippen LogP contribution in [0.25, 0.3) is 0 Å². The number of hydrogen-bond donors (Lipinski definition) is 0. The van der Waals surface area contributed by atoms with Gasteiger partial charge in [0.2, 0.25) is 12.7 Å². The van der Waals surface area contributed by atoms with Gasteiger partial charge in [-0.25, -0.2) is 0 Å². The molecule has 0 unspecified atom stereocenters. The number of nitrogens with zero attached hydrogens (tertiary/aromatic N) is 1. The topological polar surface area (TPSA) is 38.8 Å². The summed E-state index contributed by atoms with van der Waals surface area (Å²) in [6, 6.07) is 13.8. The molecule has 0 spiro atoms. The average molecular weight is 297 g/mol. The summed E-state index contributed by atoms with van der Waals surface area (Å²) in [6.07, 6.45) is 0.419. The molecule has 1 amide bonds. The summed E-state index contributed by atoms with van der Waals surface area (Å²) in [4.78, 5) is 14.1. The molecule has 1 heterocycles. The van der Waals surface area contributed by atoms with Crippen molar-refractivity contribution in [3.05, 3.63) is 59.2 Å². The minimum Gasteiger partial charge on any atom is -0.454 e. The molecule has 3 rings (SSSR count). The van der Waals surface area contributed by atoms with Crippen LogP contribution < -0.4 is 9.47 Å². The zero-order chi connectivity index (χ0) is 15.5. The van der Waals surface area contributed by atoms with E-state index in [1.54, 1.807) is 4.90 Å². The first-order chi connectivity index (χ1) is 10.6. The van der Waals surface area contributed by atoms with E-state index in [1.165, 1.54) is 5.56 Å². The Balaban J connectivity index is 1.63. The number of hydrogen-bond acceptors (Lipinski definition) is 3. The van der Waals surface area contributed by atoms with Crippen molar-refractivity contribution in [2.24, 2.45) is 0 Å². The van der Waals surface area contributed by atoms with Gasteiger partial charge >= 0.3 is 0 Å². The van der Waals surface area contributed by atoms with Crippen LogP contribution in [0.1, 0.15) is 16.7 Å². The van der Waals surface area contributed by atoms with Gasteiger partial charge in [0.05, 0.1) is 6.42 Å². The predicted octanol–water partition coefficient (Wildman–Crippen LogP) is 2.92. The van der Waals surface area contributed by atoms with E-state index in [2.05, 4.69) is 0 Å². The largest absolute Gasteiger partial charge is 0.454 e. The van der Waals surface area contributed by atoms with Gasteiger partial charge in [-0.15, -0.1) is 0 Å². The zero-order valence-electron chi connectivity index (χ0n) is 12.8. The fraction of sp³-hybridized carbons (Fsp3) is 0.278. The van der Waals surface area contributed by atoms with Crippen molar-refractivity contribution in [1.82, 2.24) is 4.90 Å².